The molecule has 1 aromatic heterocycles. The van der Waals surface area contributed by atoms with Crippen molar-refractivity contribution >= 4 is 17.2 Å². The van der Waals surface area contributed by atoms with E-state index >= 15 is 0 Å². The summed E-state index contributed by atoms with van der Waals surface area (Å²) in [6.45, 7) is 8.95. The summed E-state index contributed by atoms with van der Waals surface area (Å²) >= 11 is 1.35. The van der Waals surface area contributed by atoms with Crippen LogP contribution in [0.15, 0.2) is 29.3 Å². The fraction of sp³-hybridized carbons (Fsp3) is 0.500. The van der Waals surface area contributed by atoms with Gasteiger partial charge in [0, 0.05) is 29.8 Å². The van der Waals surface area contributed by atoms with Gasteiger partial charge in [0.05, 0.1) is 6.61 Å². The smallest absolute Gasteiger partial charge is 0.428 e. The van der Waals surface area contributed by atoms with Gasteiger partial charge in [-0.05, 0) is 30.5 Å². The van der Waals surface area contributed by atoms with Crippen LogP contribution in [0.25, 0.3) is 0 Å². The molecule has 0 saturated heterocycles. The number of hydrogen-bond acceptors (Lipinski definition) is 4. The third kappa shape index (κ3) is 5.69. The highest BCUT2D eigenvalue weighted by Gasteiger charge is 2.44. The maximum Gasteiger partial charge on any atom is 0.461 e. The lowest BCUT2D eigenvalue weighted by Crippen LogP contribution is -2.33. The van der Waals surface area contributed by atoms with E-state index in [2.05, 4.69) is 9.73 Å². The number of methoxy groups -OCH3 is 1. The Bertz CT molecular complexity index is 962. The Labute approximate surface area is 176 Å². The van der Waals surface area contributed by atoms with Gasteiger partial charge in [0.15, 0.2) is 4.80 Å². The Morgan fingerprint density at radius 2 is 1.93 bits per heavy atom. The molecule has 0 aliphatic carbocycles. The van der Waals surface area contributed by atoms with Crippen LogP contribution in [0.2, 0.25) is 0 Å². The second-order valence-electron chi connectivity index (χ2n) is 7.60. The van der Waals surface area contributed by atoms with Gasteiger partial charge in [0.2, 0.25) is 0 Å². The van der Waals surface area contributed by atoms with Crippen LogP contribution in [0.5, 0.6) is 5.75 Å². The summed E-state index contributed by atoms with van der Waals surface area (Å²) in [5.74, 6) is -1.25. The Morgan fingerprint density at radius 1 is 1.27 bits per heavy atom. The van der Waals surface area contributed by atoms with Crippen molar-refractivity contribution < 1.29 is 31.8 Å². The number of hydrogen-bond donors (Lipinski definition) is 0. The van der Waals surface area contributed by atoms with Crippen molar-refractivity contribution in [1.82, 2.24) is 4.57 Å². The van der Waals surface area contributed by atoms with Crippen molar-refractivity contribution in [1.29, 1.82) is 0 Å². The maximum atomic E-state index is 13.1. The zero-order valence-electron chi connectivity index (χ0n) is 17.3. The average molecular weight is 448 g/mol. The van der Waals surface area contributed by atoms with Crippen LogP contribution in [-0.4, -0.2) is 36.7 Å². The molecular formula is C20H24F4N2O3S. The largest absolute Gasteiger partial charge is 0.461 e. The van der Waals surface area contributed by atoms with Gasteiger partial charge >= 0.3 is 12.5 Å². The first kappa shape index (κ1) is 24.1. The molecule has 2 aromatic rings. The molecule has 166 valence electrons. The Kier molecular flexibility index (Phi) is 7.46. The second kappa shape index (κ2) is 9.30. The number of ether oxygens (including phenoxy) is 2. The van der Waals surface area contributed by atoms with E-state index in [4.69, 9.17) is 4.74 Å². The number of thiazole rings is 1. The summed E-state index contributed by atoms with van der Waals surface area (Å²) in [6, 6.07) is 4.65. The molecule has 0 bridgehead atoms. The van der Waals surface area contributed by atoms with E-state index in [0.717, 1.165) is 22.7 Å². The van der Waals surface area contributed by atoms with Gasteiger partial charge in [-0.25, -0.2) is 0 Å². The fourth-order valence-electron chi connectivity index (χ4n) is 2.76. The predicted octanol–water partition coefficient (Wildman–Crippen LogP) is 4.78. The lowest BCUT2D eigenvalue weighted by molar-refractivity contribution is -0.253. The summed E-state index contributed by atoms with van der Waals surface area (Å²) < 4.78 is 62.0. The van der Waals surface area contributed by atoms with Crippen LogP contribution in [0.4, 0.5) is 17.6 Å². The number of carbonyl (C=O) groups excluding carboxylic acids is 1. The number of nitrogens with zero attached hydrogens (tertiary/aromatic N) is 2. The zero-order valence-corrected chi connectivity index (χ0v) is 18.2. The van der Waals surface area contributed by atoms with E-state index in [-0.39, 0.29) is 11.0 Å². The minimum absolute atomic E-state index is 0.0563. The van der Waals surface area contributed by atoms with Crippen molar-refractivity contribution in [2.24, 2.45) is 4.99 Å². The van der Waals surface area contributed by atoms with Crippen LogP contribution >= 0.6 is 11.3 Å². The Morgan fingerprint density at radius 3 is 2.50 bits per heavy atom. The van der Waals surface area contributed by atoms with Gasteiger partial charge in [-0.15, -0.1) is 11.3 Å². The first-order valence-corrected chi connectivity index (χ1v) is 9.92. The van der Waals surface area contributed by atoms with Crippen LogP contribution in [0.1, 0.15) is 41.7 Å². The molecule has 1 amide bonds. The molecule has 0 spiro atoms. The molecule has 0 saturated carbocycles. The van der Waals surface area contributed by atoms with Gasteiger partial charge in [-0.1, -0.05) is 26.8 Å². The summed E-state index contributed by atoms with van der Waals surface area (Å²) in [5.41, 5.74) is 0.721. The van der Waals surface area contributed by atoms with E-state index in [9.17, 15) is 22.4 Å². The average Bonchev–Trinajstić information content (AvgIpc) is 2.95. The van der Waals surface area contributed by atoms with Gasteiger partial charge < -0.3 is 14.0 Å². The lowest BCUT2D eigenvalue weighted by Gasteiger charge is -2.17. The third-order valence-electron chi connectivity index (χ3n) is 4.14. The van der Waals surface area contributed by atoms with Crippen LogP contribution < -0.4 is 9.54 Å². The molecule has 1 aromatic carbocycles. The Hall–Kier alpha value is -2.20. The minimum Gasteiger partial charge on any atom is -0.428 e. The van der Waals surface area contributed by atoms with Crippen LogP contribution in [-0.2, 0) is 16.7 Å². The van der Waals surface area contributed by atoms with E-state index < -0.39 is 24.2 Å². The molecule has 5 nitrogen and oxygen atoms in total. The summed E-state index contributed by atoms with van der Waals surface area (Å²) in [4.78, 5) is 18.3. The summed E-state index contributed by atoms with van der Waals surface area (Å²) in [6.07, 6.45) is -8.65. The molecule has 2 rings (SSSR count). The van der Waals surface area contributed by atoms with Gasteiger partial charge in [0.1, 0.15) is 5.75 Å². The normalized spacial score (nSPS) is 13.2. The zero-order chi connectivity index (χ0) is 22.7. The third-order valence-corrected chi connectivity index (χ3v) is 5.75. The van der Waals surface area contributed by atoms with E-state index in [1.54, 1.807) is 7.11 Å². The SMILES string of the molecule is COCCn1c(C)c(C(C)(C)C)sc1=NC(=O)c1cccc(OC(F)(F)C(F)F)c1. The highest BCUT2D eigenvalue weighted by molar-refractivity contribution is 7.09. The number of carbonyl (C=O) groups is 1. The molecule has 0 atom stereocenters. The minimum atomic E-state index is -4.66. The predicted molar refractivity (Wildman–Crippen MR) is 106 cm³/mol. The number of alkyl halides is 4. The van der Waals surface area contributed by atoms with Gasteiger partial charge in [-0.3, -0.25) is 4.79 Å². The fourth-order valence-corrected chi connectivity index (χ4v) is 3.97. The molecule has 0 fully saturated rings. The topological polar surface area (TPSA) is 52.8 Å². The molecule has 0 aliphatic heterocycles. The quantitative estimate of drug-likeness (QED) is 0.573. The summed E-state index contributed by atoms with van der Waals surface area (Å²) in [5, 5.41) is 0. The molecule has 10 heteroatoms. The standard InChI is InChI=1S/C20H24F4N2O3S/c1-12-15(19(2,3)4)30-18(26(12)9-10-28-5)25-16(27)13-7-6-8-14(11-13)29-20(23,24)17(21)22/h6-8,11,17H,9-10H2,1-5H3. The Balaban J connectivity index is 2.44. The van der Waals surface area contributed by atoms with Gasteiger partial charge in [-0.2, -0.15) is 22.6 Å². The van der Waals surface area contributed by atoms with Crippen molar-refractivity contribution in [3.05, 3.63) is 45.2 Å². The molecule has 0 aliphatic rings. The van der Waals surface area contributed by atoms with Crippen LogP contribution in [0.3, 0.4) is 0 Å². The first-order chi connectivity index (χ1) is 13.9. The number of benzene rings is 1. The monoisotopic (exact) mass is 448 g/mol. The first-order valence-electron chi connectivity index (χ1n) is 9.10. The van der Waals surface area contributed by atoms with Crippen molar-refractivity contribution in [3.63, 3.8) is 0 Å². The van der Waals surface area contributed by atoms with E-state index in [1.165, 1.54) is 23.5 Å². The van der Waals surface area contributed by atoms with E-state index in [0.29, 0.717) is 18.0 Å². The van der Waals surface area contributed by atoms with Crippen LogP contribution in [0, 0.1) is 6.92 Å². The number of amides is 1. The number of aromatic nitrogens is 1. The molecule has 0 radical (unpaired) electrons. The van der Waals surface area contributed by atoms with Crippen molar-refractivity contribution in [3.8, 4) is 5.75 Å². The molecule has 0 N–H and O–H groups in total. The van der Waals surface area contributed by atoms with Gasteiger partial charge in [0.25, 0.3) is 5.91 Å². The molecule has 0 unspecified atom stereocenters. The summed E-state index contributed by atoms with van der Waals surface area (Å²) in [7, 11) is 1.57. The lowest BCUT2D eigenvalue weighted by atomic mass is 9.93. The number of halogens is 4. The molecule has 1 heterocycles. The second-order valence-corrected chi connectivity index (χ2v) is 8.58. The van der Waals surface area contributed by atoms with Crippen molar-refractivity contribution in [2.45, 2.75) is 52.2 Å². The highest BCUT2D eigenvalue weighted by Crippen LogP contribution is 2.29. The molecular weight excluding hydrogens is 424 g/mol. The number of rotatable bonds is 7. The highest BCUT2D eigenvalue weighted by atomic mass is 32.1. The maximum absolute atomic E-state index is 13.1. The van der Waals surface area contributed by atoms with Crippen molar-refractivity contribution in [2.75, 3.05) is 13.7 Å². The molecule has 30 heavy (non-hydrogen) atoms. The van der Waals surface area contributed by atoms with E-state index in [1.807, 2.05) is 32.3 Å².